The molecule has 0 atom stereocenters. The molecule has 0 amide bonds. The summed E-state index contributed by atoms with van der Waals surface area (Å²) in [6.45, 7) is 1.86. The number of ether oxygens (including phenoxy) is 1. The summed E-state index contributed by atoms with van der Waals surface area (Å²) in [6, 6.07) is 5.13. The molecule has 5 nitrogen and oxygen atoms in total. The van der Waals surface area contributed by atoms with E-state index in [1.807, 2.05) is 6.07 Å². The summed E-state index contributed by atoms with van der Waals surface area (Å²) in [5, 5.41) is 11.0. The van der Waals surface area contributed by atoms with Crippen molar-refractivity contribution in [2.45, 2.75) is 6.42 Å². The molecule has 1 aromatic carbocycles. The fourth-order valence-electron chi connectivity index (χ4n) is 2.07. The minimum Gasteiger partial charge on any atom is -0.490 e. The van der Waals surface area contributed by atoms with Crippen LogP contribution in [0.5, 0.6) is 5.75 Å². The summed E-state index contributed by atoms with van der Waals surface area (Å²) in [5.74, 6) is 0.303. The van der Waals surface area contributed by atoms with Crippen molar-refractivity contribution in [3.8, 4) is 5.75 Å². The van der Waals surface area contributed by atoms with Crippen LogP contribution in [0.1, 0.15) is 12.0 Å². The van der Waals surface area contributed by atoms with Crippen molar-refractivity contribution in [3.63, 3.8) is 0 Å². The molecule has 5 heteroatoms. The van der Waals surface area contributed by atoms with Crippen molar-refractivity contribution >= 4 is 11.3 Å². The van der Waals surface area contributed by atoms with Gasteiger partial charge in [0.15, 0.2) is 5.75 Å². The average Bonchev–Trinajstić information content (AvgIpc) is 2.39. The monoisotopic (exact) mass is 248 g/mol. The molecule has 0 saturated carbocycles. The number of benzene rings is 1. The Labute approximate surface area is 106 Å². The smallest absolute Gasteiger partial charge is 0.311 e. The molecule has 18 heavy (non-hydrogen) atoms. The molecule has 0 aromatic heterocycles. The lowest BCUT2D eigenvalue weighted by Gasteiger charge is -2.22. The molecular weight excluding hydrogens is 232 g/mol. The van der Waals surface area contributed by atoms with Gasteiger partial charge in [-0.15, -0.1) is 0 Å². The van der Waals surface area contributed by atoms with Gasteiger partial charge < -0.3 is 9.64 Å². The Morgan fingerprint density at radius 1 is 1.44 bits per heavy atom. The number of rotatable bonds is 3. The van der Waals surface area contributed by atoms with Crippen molar-refractivity contribution in [2.75, 3.05) is 27.2 Å². The van der Waals surface area contributed by atoms with Crippen molar-refractivity contribution < 1.29 is 9.66 Å². The van der Waals surface area contributed by atoms with Gasteiger partial charge in [-0.3, -0.25) is 10.1 Å². The van der Waals surface area contributed by atoms with Crippen LogP contribution in [-0.4, -0.2) is 37.1 Å². The van der Waals surface area contributed by atoms with Crippen LogP contribution in [0.4, 0.5) is 5.69 Å². The van der Waals surface area contributed by atoms with Gasteiger partial charge in [0.05, 0.1) is 12.0 Å². The van der Waals surface area contributed by atoms with E-state index in [1.165, 1.54) is 12.7 Å². The van der Waals surface area contributed by atoms with E-state index in [4.69, 9.17) is 4.74 Å². The predicted molar refractivity (Wildman–Crippen MR) is 69.7 cm³/mol. The van der Waals surface area contributed by atoms with Gasteiger partial charge in [0.25, 0.3) is 0 Å². The fourth-order valence-corrected chi connectivity index (χ4v) is 2.07. The third-order valence-electron chi connectivity index (χ3n) is 3.16. The summed E-state index contributed by atoms with van der Waals surface area (Å²) in [7, 11) is 3.50. The first-order valence-corrected chi connectivity index (χ1v) is 5.82. The van der Waals surface area contributed by atoms with Crippen LogP contribution in [0.2, 0.25) is 0 Å². The number of nitro benzene ring substituents is 1. The fraction of sp³-hybridized carbons (Fsp3) is 0.385. The Morgan fingerprint density at radius 2 is 2.22 bits per heavy atom. The predicted octanol–water partition coefficient (Wildman–Crippen LogP) is 2.32. The van der Waals surface area contributed by atoms with Gasteiger partial charge in [0, 0.05) is 19.2 Å². The Morgan fingerprint density at radius 3 is 2.78 bits per heavy atom. The minimum absolute atomic E-state index is 0.0230. The SMILES string of the molecule is COc1ccc(C2=CCN(C)CC2)cc1[N+](=O)[O-]. The molecule has 0 N–H and O–H groups in total. The quantitative estimate of drug-likeness (QED) is 0.608. The second kappa shape index (κ2) is 5.18. The van der Waals surface area contributed by atoms with Crippen LogP contribution in [-0.2, 0) is 0 Å². The topological polar surface area (TPSA) is 55.6 Å². The van der Waals surface area contributed by atoms with Gasteiger partial charge in [-0.25, -0.2) is 0 Å². The van der Waals surface area contributed by atoms with Crippen molar-refractivity contribution in [3.05, 3.63) is 40.0 Å². The Bertz CT molecular complexity index is 497. The van der Waals surface area contributed by atoms with Crippen LogP contribution < -0.4 is 4.74 Å². The molecule has 0 unspecified atom stereocenters. The lowest BCUT2D eigenvalue weighted by Crippen LogP contribution is -2.23. The summed E-state index contributed by atoms with van der Waals surface area (Å²) in [4.78, 5) is 12.8. The number of hydrogen-bond donors (Lipinski definition) is 0. The zero-order valence-corrected chi connectivity index (χ0v) is 10.5. The second-order valence-electron chi connectivity index (χ2n) is 4.39. The summed E-state index contributed by atoms with van der Waals surface area (Å²) in [6.07, 6.45) is 3.04. The molecule has 0 fully saturated rings. The lowest BCUT2D eigenvalue weighted by atomic mass is 9.99. The molecular formula is C13H16N2O3. The first-order valence-electron chi connectivity index (χ1n) is 5.82. The van der Waals surface area contributed by atoms with Gasteiger partial charge in [-0.1, -0.05) is 12.1 Å². The van der Waals surface area contributed by atoms with E-state index in [2.05, 4.69) is 18.0 Å². The van der Waals surface area contributed by atoms with Crippen molar-refractivity contribution in [1.82, 2.24) is 4.90 Å². The number of likely N-dealkylation sites (N-methyl/N-ethyl adjacent to an activating group) is 1. The lowest BCUT2D eigenvalue weighted by molar-refractivity contribution is -0.385. The zero-order valence-electron chi connectivity index (χ0n) is 10.5. The van der Waals surface area contributed by atoms with Gasteiger partial charge in [0.1, 0.15) is 0 Å². The molecule has 1 aromatic rings. The molecule has 1 heterocycles. The van der Waals surface area contributed by atoms with E-state index in [0.29, 0.717) is 5.75 Å². The molecule has 0 spiro atoms. The Kier molecular flexibility index (Phi) is 3.62. The second-order valence-corrected chi connectivity index (χ2v) is 4.39. The number of nitro groups is 1. The highest BCUT2D eigenvalue weighted by Crippen LogP contribution is 2.31. The number of nitrogens with zero attached hydrogens (tertiary/aromatic N) is 2. The van der Waals surface area contributed by atoms with E-state index < -0.39 is 4.92 Å². The third-order valence-corrected chi connectivity index (χ3v) is 3.16. The first-order chi connectivity index (χ1) is 8.61. The normalized spacial score (nSPS) is 16.2. The third kappa shape index (κ3) is 2.51. The van der Waals surface area contributed by atoms with Gasteiger partial charge >= 0.3 is 5.69 Å². The van der Waals surface area contributed by atoms with Crippen molar-refractivity contribution in [2.24, 2.45) is 0 Å². The maximum absolute atomic E-state index is 11.0. The van der Waals surface area contributed by atoms with Crippen LogP contribution in [0.25, 0.3) is 5.57 Å². The van der Waals surface area contributed by atoms with Crippen LogP contribution in [0.3, 0.4) is 0 Å². The molecule has 0 bridgehead atoms. The minimum atomic E-state index is -0.405. The van der Waals surface area contributed by atoms with E-state index in [0.717, 1.165) is 25.1 Å². The van der Waals surface area contributed by atoms with Crippen molar-refractivity contribution in [1.29, 1.82) is 0 Å². The Balaban J connectivity index is 2.35. The number of hydrogen-bond acceptors (Lipinski definition) is 4. The standard InChI is InChI=1S/C13H16N2O3/c1-14-7-5-10(6-8-14)11-3-4-13(18-2)12(9-11)15(16)17/h3-5,9H,6-8H2,1-2H3. The molecule has 2 rings (SSSR count). The molecule has 1 aliphatic heterocycles. The summed E-state index contributed by atoms with van der Waals surface area (Å²) >= 11 is 0. The zero-order chi connectivity index (χ0) is 13.1. The van der Waals surface area contributed by atoms with E-state index >= 15 is 0 Å². The molecule has 1 aliphatic rings. The first kappa shape index (κ1) is 12.6. The summed E-state index contributed by atoms with van der Waals surface area (Å²) < 4.78 is 5.00. The highest BCUT2D eigenvalue weighted by molar-refractivity contribution is 5.70. The maximum Gasteiger partial charge on any atom is 0.311 e. The maximum atomic E-state index is 11.0. The van der Waals surface area contributed by atoms with E-state index in [-0.39, 0.29) is 5.69 Å². The molecule has 0 radical (unpaired) electrons. The number of methoxy groups -OCH3 is 1. The van der Waals surface area contributed by atoms with Crippen LogP contribution in [0, 0.1) is 10.1 Å². The highest BCUT2D eigenvalue weighted by Gasteiger charge is 2.17. The molecule has 0 aliphatic carbocycles. The van der Waals surface area contributed by atoms with Gasteiger partial charge in [-0.05, 0) is 30.7 Å². The Hall–Kier alpha value is -1.88. The van der Waals surface area contributed by atoms with Crippen LogP contribution >= 0.6 is 0 Å². The molecule has 0 saturated heterocycles. The largest absolute Gasteiger partial charge is 0.490 e. The van der Waals surface area contributed by atoms with E-state index in [9.17, 15) is 10.1 Å². The van der Waals surface area contributed by atoms with Crippen LogP contribution in [0.15, 0.2) is 24.3 Å². The highest BCUT2D eigenvalue weighted by atomic mass is 16.6. The van der Waals surface area contributed by atoms with E-state index in [1.54, 1.807) is 12.1 Å². The van der Waals surface area contributed by atoms with Gasteiger partial charge in [-0.2, -0.15) is 0 Å². The molecule has 96 valence electrons. The summed E-state index contributed by atoms with van der Waals surface area (Å²) in [5.41, 5.74) is 2.10. The average molecular weight is 248 g/mol. The van der Waals surface area contributed by atoms with Gasteiger partial charge in [0.2, 0.25) is 0 Å².